The van der Waals surface area contributed by atoms with Crippen molar-refractivity contribution in [1.29, 1.82) is 0 Å². The molecular formula is C12H15N3O4. The van der Waals surface area contributed by atoms with Crippen LogP contribution in [0.1, 0.15) is 17.4 Å². The predicted molar refractivity (Wildman–Crippen MR) is 66.3 cm³/mol. The fraction of sp³-hybridized carbons (Fsp3) is 0.417. The van der Waals surface area contributed by atoms with Gasteiger partial charge in [0, 0.05) is 7.05 Å². The lowest BCUT2D eigenvalue weighted by Crippen LogP contribution is -2.64. The zero-order chi connectivity index (χ0) is 14.0. The first kappa shape index (κ1) is 13.1. The standard InChI is InChI=1S/C12H15N3O4/c1-12(6-15(7-12)11(17)18)19-8-3-4-9(14-5-8)10(16)13-2/h3-5H,6-7H2,1-2H3,(H,13,16)(H,17,18). The second-order valence-electron chi connectivity index (χ2n) is 4.65. The minimum atomic E-state index is -0.950. The summed E-state index contributed by atoms with van der Waals surface area (Å²) < 4.78 is 5.69. The van der Waals surface area contributed by atoms with Crippen molar-refractivity contribution in [1.82, 2.24) is 15.2 Å². The van der Waals surface area contributed by atoms with Gasteiger partial charge < -0.3 is 20.1 Å². The summed E-state index contributed by atoms with van der Waals surface area (Å²) in [5.74, 6) is 0.249. The van der Waals surface area contributed by atoms with Crippen LogP contribution in [0.4, 0.5) is 4.79 Å². The monoisotopic (exact) mass is 265 g/mol. The molecule has 0 spiro atoms. The van der Waals surface area contributed by atoms with E-state index in [0.717, 1.165) is 0 Å². The second kappa shape index (κ2) is 4.75. The van der Waals surface area contributed by atoms with Gasteiger partial charge in [-0.25, -0.2) is 9.78 Å². The van der Waals surface area contributed by atoms with Crippen LogP contribution < -0.4 is 10.1 Å². The Hall–Kier alpha value is -2.31. The Kier molecular flexibility index (Phi) is 3.28. The third-order valence-corrected chi connectivity index (χ3v) is 2.88. The van der Waals surface area contributed by atoms with E-state index in [1.54, 1.807) is 12.1 Å². The summed E-state index contributed by atoms with van der Waals surface area (Å²) in [5, 5.41) is 11.2. The first-order valence-electron chi connectivity index (χ1n) is 5.78. The number of nitrogens with one attached hydrogen (secondary N) is 1. The van der Waals surface area contributed by atoms with E-state index in [1.165, 1.54) is 18.1 Å². The highest BCUT2D eigenvalue weighted by atomic mass is 16.5. The van der Waals surface area contributed by atoms with Gasteiger partial charge in [-0.15, -0.1) is 0 Å². The first-order valence-corrected chi connectivity index (χ1v) is 5.78. The Bertz CT molecular complexity index is 494. The number of rotatable bonds is 3. The highest BCUT2D eigenvalue weighted by Crippen LogP contribution is 2.27. The summed E-state index contributed by atoms with van der Waals surface area (Å²) in [6.07, 6.45) is 0.508. The van der Waals surface area contributed by atoms with Crippen LogP contribution in [-0.2, 0) is 0 Å². The molecule has 1 aromatic rings. The molecule has 0 saturated carbocycles. The molecule has 0 aromatic carbocycles. The average molecular weight is 265 g/mol. The lowest BCUT2D eigenvalue weighted by atomic mass is 9.97. The van der Waals surface area contributed by atoms with Crippen molar-refractivity contribution in [2.75, 3.05) is 20.1 Å². The molecule has 0 bridgehead atoms. The summed E-state index contributed by atoms with van der Waals surface area (Å²) in [6, 6.07) is 3.21. The molecule has 0 atom stereocenters. The molecule has 0 radical (unpaired) electrons. The summed E-state index contributed by atoms with van der Waals surface area (Å²) in [7, 11) is 1.53. The number of carboxylic acid groups (broad SMARTS) is 1. The van der Waals surface area contributed by atoms with Gasteiger partial charge in [0.2, 0.25) is 0 Å². The molecule has 1 aliphatic heterocycles. The van der Waals surface area contributed by atoms with Crippen LogP contribution in [0.25, 0.3) is 0 Å². The van der Waals surface area contributed by atoms with Crippen LogP contribution in [0.15, 0.2) is 18.3 Å². The van der Waals surface area contributed by atoms with Crippen molar-refractivity contribution in [3.8, 4) is 5.75 Å². The Labute approximate surface area is 110 Å². The van der Waals surface area contributed by atoms with Gasteiger partial charge in [-0.05, 0) is 19.1 Å². The number of carbonyl (C=O) groups is 2. The van der Waals surface area contributed by atoms with Crippen molar-refractivity contribution in [2.45, 2.75) is 12.5 Å². The maximum atomic E-state index is 11.3. The van der Waals surface area contributed by atoms with E-state index in [4.69, 9.17) is 9.84 Å². The number of nitrogens with zero attached hydrogens (tertiary/aromatic N) is 2. The number of likely N-dealkylation sites (tertiary alicyclic amines) is 1. The summed E-state index contributed by atoms with van der Waals surface area (Å²) >= 11 is 0. The minimum Gasteiger partial charge on any atom is -0.482 e. The van der Waals surface area contributed by atoms with Crippen LogP contribution in [0.2, 0.25) is 0 Å². The molecule has 2 heterocycles. The third kappa shape index (κ3) is 2.75. The van der Waals surface area contributed by atoms with Gasteiger partial charge >= 0.3 is 6.09 Å². The topological polar surface area (TPSA) is 91.8 Å². The molecule has 2 amide bonds. The van der Waals surface area contributed by atoms with Crippen molar-refractivity contribution >= 4 is 12.0 Å². The van der Waals surface area contributed by atoms with Gasteiger partial charge in [0.15, 0.2) is 0 Å². The number of carbonyl (C=O) groups excluding carboxylic acids is 1. The molecule has 0 unspecified atom stereocenters. The summed E-state index contributed by atoms with van der Waals surface area (Å²) in [6.45, 7) is 2.47. The molecule has 1 saturated heterocycles. The van der Waals surface area contributed by atoms with E-state index in [2.05, 4.69) is 10.3 Å². The van der Waals surface area contributed by atoms with Crippen LogP contribution in [0, 0.1) is 0 Å². The Balaban J connectivity index is 1.97. The first-order chi connectivity index (χ1) is 8.93. The van der Waals surface area contributed by atoms with E-state index in [0.29, 0.717) is 24.5 Å². The van der Waals surface area contributed by atoms with E-state index in [-0.39, 0.29) is 5.91 Å². The maximum absolute atomic E-state index is 11.3. The van der Waals surface area contributed by atoms with Crippen LogP contribution in [0.5, 0.6) is 5.75 Å². The molecule has 2 N–H and O–H groups in total. The van der Waals surface area contributed by atoms with Gasteiger partial charge in [-0.1, -0.05) is 0 Å². The normalized spacial score (nSPS) is 16.4. The van der Waals surface area contributed by atoms with E-state index in [1.807, 2.05) is 6.92 Å². The highest BCUT2D eigenvalue weighted by molar-refractivity contribution is 5.91. The maximum Gasteiger partial charge on any atom is 0.407 e. The lowest BCUT2D eigenvalue weighted by Gasteiger charge is -2.45. The number of ether oxygens (including phenoxy) is 1. The van der Waals surface area contributed by atoms with E-state index < -0.39 is 11.7 Å². The Morgan fingerprint density at radius 1 is 1.47 bits per heavy atom. The minimum absolute atomic E-state index is 0.265. The number of hydrogen-bond donors (Lipinski definition) is 2. The van der Waals surface area contributed by atoms with Crippen LogP contribution in [0.3, 0.4) is 0 Å². The van der Waals surface area contributed by atoms with Crippen LogP contribution in [-0.4, -0.2) is 52.7 Å². The van der Waals surface area contributed by atoms with Crippen molar-refractivity contribution in [3.05, 3.63) is 24.0 Å². The van der Waals surface area contributed by atoms with Gasteiger partial charge in [-0.2, -0.15) is 0 Å². The van der Waals surface area contributed by atoms with E-state index in [9.17, 15) is 9.59 Å². The van der Waals surface area contributed by atoms with Crippen molar-refractivity contribution in [3.63, 3.8) is 0 Å². The Morgan fingerprint density at radius 2 is 2.16 bits per heavy atom. The summed E-state index contributed by atoms with van der Waals surface area (Å²) in [5.41, 5.74) is -0.227. The average Bonchev–Trinajstić information content (AvgIpc) is 2.35. The number of amides is 2. The number of pyridine rings is 1. The molecule has 19 heavy (non-hydrogen) atoms. The highest BCUT2D eigenvalue weighted by Gasteiger charge is 2.43. The molecule has 1 fully saturated rings. The largest absolute Gasteiger partial charge is 0.482 e. The predicted octanol–water partition coefficient (Wildman–Crippen LogP) is 0.572. The molecule has 7 nitrogen and oxygen atoms in total. The number of aromatic nitrogens is 1. The van der Waals surface area contributed by atoms with Crippen molar-refractivity contribution < 1.29 is 19.4 Å². The SMILES string of the molecule is CNC(=O)c1ccc(OC2(C)CN(C(=O)O)C2)cn1. The zero-order valence-corrected chi connectivity index (χ0v) is 10.7. The number of hydrogen-bond acceptors (Lipinski definition) is 4. The quantitative estimate of drug-likeness (QED) is 0.833. The van der Waals surface area contributed by atoms with E-state index >= 15 is 0 Å². The fourth-order valence-corrected chi connectivity index (χ4v) is 1.95. The molecule has 1 aliphatic rings. The molecule has 2 rings (SSSR count). The van der Waals surface area contributed by atoms with Gasteiger partial charge in [-0.3, -0.25) is 4.79 Å². The molecule has 0 aliphatic carbocycles. The Morgan fingerprint density at radius 3 is 2.63 bits per heavy atom. The van der Waals surface area contributed by atoms with Gasteiger partial charge in [0.1, 0.15) is 17.0 Å². The fourth-order valence-electron chi connectivity index (χ4n) is 1.95. The summed E-state index contributed by atoms with van der Waals surface area (Å²) in [4.78, 5) is 27.2. The van der Waals surface area contributed by atoms with Crippen LogP contribution >= 0.6 is 0 Å². The smallest absolute Gasteiger partial charge is 0.407 e. The second-order valence-corrected chi connectivity index (χ2v) is 4.65. The lowest BCUT2D eigenvalue weighted by molar-refractivity contribution is -0.0506. The zero-order valence-electron chi connectivity index (χ0n) is 10.7. The van der Waals surface area contributed by atoms with Gasteiger partial charge in [0.05, 0.1) is 19.3 Å². The molecule has 1 aromatic heterocycles. The molecular weight excluding hydrogens is 250 g/mol. The molecule has 7 heteroatoms. The van der Waals surface area contributed by atoms with Crippen molar-refractivity contribution in [2.24, 2.45) is 0 Å². The molecule has 102 valence electrons. The van der Waals surface area contributed by atoms with Gasteiger partial charge in [0.25, 0.3) is 5.91 Å². The third-order valence-electron chi connectivity index (χ3n) is 2.88.